The van der Waals surface area contributed by atoms with Gasteiger partial charge in [0.1, 0.15) is 11.7 Å². The van der Waals surface area contributed by atoms with Gasteiger partial charge in [0, 0.05) is 31.7 Å². The van der Waals surface area contributed by atoms with Gasteiger partial charge in [0.2, 0.25) is 5.91 Å². The van der Waals surface area contributed by atoms with Gasteiger partial charge < -0.3 is 30.5 Å². The van der Waals surface area contributed by atoms with Crippen LogP contribution in [0.25, 0.3) is 0 Å². The molecule has 3 aliphatic carbocycles. The second kappa shape index (κ2) is 9.81. The highest BCUT2D eigenvalue weighted by molar-refractivity contribution is 6.25. The number of ketones is 3. The minimum Gasteiger partial charge on any atom is -0.493 e. The molecule has 4 rings (SSSR count). The van der Waals surface area contributed by atoms with E-state index in [0.717, 1.165) is 24.1 Å². The Morgan fingerprint density at radius 1 is 1.16 bits per heavy atom. The topological polar surface area (TPSA) is 150 Å². The second-order valence-electron chi connectivity index (χ2n) is 11.0. The number of anilines is 1. The summed E-state index contributed by atoms with van der Waals surface area (Å²) in [6.45, 7) is 2.44. The van der Waals surface area contributed by atoms with Crippen molar-refractivity contribution in [3.05, 3.63) is 23.3 Å². The number of nitrogens with zero attached hydrogens (tertiary/aromatic N) is 2. The maximum absolute atomic E-state index is 14.0. The molecular formula is C27H37N3O7. The summed E-state index contributed by atoms with van der Waals surface area (Å²) in [5, 5.41) is 22.7. The fraction of sp³-hybridized carbons (Fsp3) is 0.630. The van der Waals surface area contributed by atoms with E-state index in [4.69, 9.17) is 10.5 Å². The van der Waals surface area contributed by atoms with Crippen molar-refractivity contribution in [1.29, 1.82) is 0 Å². The highest BCUT2D eigenvalue weighted by Gasteiger charge is 2.69. The first-order valence-electron chi connectivity index (χ1n) is 12.8. The lowest BCUT2D eigenvalue weighted by molar-refractivity contribution is -0.190. The van der Waals surface area contributed by atoms with Crippen LogP contribution in [0.1, 0.15) is 42.1 Å². The predicted molar refractivity (Wildman–Crippen MR) is 135 cm³/mol. The molecule has 10 heteroatoms. The van der Waals surface area contributed by atoms with E-state index in [0.29, 0.717) is 24.3 Å². The molecule has 0 saturated heterocycles. The zero-order chi connectivity index (χ0) is 27.4. The Kier molecular flexibility index (Phi) is 7.22. The number of aliphatic hydroxyl groups excluding tert-OH is 1. The first-order chi connectivity index (χ1) is 17.4. The van der Waals surface area contributed by atoms with E-state index in [1.165, 1.54) is 0 Å². The Labute approximate surface area is 216 Å². The molecule has 2 fully saturated rings. The molecule has 0 bridgehead atoms. The molecule has 2 saturated carbocycles. The predicted octanol–water partition coefficient (Wildman–Crippen LogP) is 0.198. The van der Waals surface area contributed by atoms with Gasteiger partial charge in [-0.25, -0.2) is 0 Å². The number of rotatable bonds is 7. The Morgan fingerprint density at radius 2 is 1.84 bits per heavy atom. The Morgan fingerprint density at radius 3 is 2.41 bits per heavy atom. The summed E-state index contributed by atoms with van der Waals surface area (Å²) in [6.07, 6.45) is 0.722. The molecule has 0 heterocycles. The number of aliphatic hydroxyl groups is 2. The fourth-order valence-electron chi connectivity index (χ4n) is 6.66. The number of benzene rings is 1. The van der Waals surface area contributed by atoms with Gasteiger partial charge in [0.05, 0.1) is 24.2 Å². The number of likely N-dealkylation sites (N-methyl/N-ethyl adjacent to an activating group) is 1. The van der Waals surface area contributed by atoms with Gasteiger partial charge in [-0.05, 0) is 57.0 Å². The number of hydrogen-bond donors (Lipinski definition) is 3. The molecule has 37 heavy (non-hydrogen) atoms. The van der Waals surface area contributed by atoms with Gasteiger partial charge in [0.25, 0.3) is 0 Å². The van der Waals surface area contributed by atoms with Crippen molar-refractivity contribution in [2.75, 3.05) is 39.7 Å². The van der Waals surface area contributed by atoms with Crippen LogP contribution in [-0.4, -0.2) is 90.9 Å². The number of nitrogens with two attached hydrogens (primary N) is 1. The van der Waals surface area contributed by atoms with Gasteiger partial charge in [-0.3, -0.25) is 19.2 Å². The molecule has 10 nitrogen and oxygen atoms in total. The van der Waals surface area contributed by atoms with Crippen LogP contribution in [0.3, 0.4) is 0 Å². The third-order valence-corrected chi connectivity index (χ3v) is 8.37. The zero-order valence-corrected chi connectivity index (χ0v) is 22.1. The summed E-state index contributed by atoms with van der Waals surface area (Å²) in [7, 11) is 7.03. The number of amides is 1. The summed E-state index contributed by atoms with van der Waals surface area (Å²) in [6, 6.07) is 2.72. The first-order valence-corrected chi connectivity index (χ1v) is 12.8. The van der Waals surface area contributed by atoms with E-state index in [1.54, 1.807) is 25.1 Å². The number of hydrogen-bond acceptors (Lipinski definition) is 9. The molecule has 3 unspecified atom stereocenters. The lowest BCUT2D eigenvalue weighted by Gasteiger charge is -2.55. The van der Waals surface area contributed by atoms with Gasteiger partial charge in [-0.15, -0.1) is 0 Å². The second-order valence-corrected chi connectivity index (χ2v) is 11.0. The Hall–Kier alpha value is -2.82. The van der Waals surface area contributed by atoms with Crippen molar-refractivity contribution < 1.29 is 34.1 Å². The molecule has 1 aromatic rings. The van der Waals surface area contributed by atoms with Gasteiger partial charge in [-0.1, -0.05) is 13.3 Å². The Bertz CT molecular complexity index is 1130. The first kappa shape index (κ1) is 27.2. The monoisotopic (exact) mass is 515 g/mol. The van der Waals surface area contributed by atoms with E-state index in [9.17, 15) is 29.4 Å². The summed E-state index contributed by atoms with van der Waals surface area (Å²) in [5.41, 5.74) is 4.73. The number of primary amides is 1. The standard InChI is InChI=1S/C27H37N3O7/c1-6-7-10-37-17-9-8-16(29(2)3)14-11-13-12-15-21(30(4)5)23(32)20(26(28)35)25(34)27(15,36)24(33)18(13)22(31)19(14)17/h8-9,13,15,18,20-21,23,32,36H,6-7,10-12H2,1-5H3,(H2,28,35)/t13-,15-,18?,20?,21-,23?,27-/m1/s1. The van der Waals surface area contributed by atoms with Crippen molar-refractivity contribution in [3.63, 3.8) is 0 Å². The summed E-state index contributed by atoms with van der Waals surface area (Å²) in [4.78, 5) is 57.1. The average Bonchev–Trinajstić information content (AvgIpc) is 2.81. The van der Waals surface area contributed by atoms with E-state index >= 15 is 0 Å². The largest absolute Gasteiger partial charge is 0.493 e. The van der Waals surface area contributed by atoms with Crippen molar-refractivity contribution in [1.82, 2.24) is 4.90 Å². The van der Waals surface area contributed by atoms with Crippen molar-refractivity contribution >= 4 is 28.9 Å². The van der Waals surface area contributed by atoms with Crippen LogP contribution in [-0.2, 0) is 20.8 Å². The number of unbranched alkanes of at least 4 members (excludes halogenated alkanes) is 1. The lowest BCUT2D eigenvalue weighted by Crippen LogP contribution is -2.75. The van der Waals surface area contributed by atoms with Crippen molar-refractivity contribution in [3.8, 4) is 5.75 Å². The molecule has 0 aliphatic heterocycles. The third kappa shape index (κ3) is 4.06. The summed E-state index contributed by atoms with van der Waals surface area (Å²) in [5.74, 6) is -7.80. The van der Waals surface area contributed by atoms with Gasteiger partial charge >= 0.3 is 0 Å². The highest BCUT2D eigenvalue weighted by atomic mass is 16.5. The third-order valence-electron chi connectivity index (χ3n) is 8.37. The van der Waals surface area contributed by atoms with E-state index in [-0.39, 0.29) is 6.42 Å². The highest BCUT2D eigenvalue weighted by Crippen LogP contribution is 2.52. The zero-order valence-electron chi connectivity index (χ0n) is 22.1. The number of Topliss-reactive ketones (excluding diaryl/α,β-unsaturated/α-hetero) is 3. The van der Waals surface area contributed by atoms with E-state index in [1.807, 2.05) is 32.0 Å². The molecule has 7 atom stereocenters. The molecule has 202 valence electrons. The summed E-state index contributed by atoms with van der Waals surface area (Å²) >= 11 is 0. The van der Waals surface area contributed by atoms with Gasteiger partial charge in [0.15, 0.2) is 23.0 Å². The molecule has 3 aliphatic rings. The summed E-state index contributed by atoms with van der Waals surface area (Å²) < 4.78 is 5.95. The SMILES string of the molecule is CCCCOc1ccc(N(C)C)c2c1C(=O)C1C(=O)[C@@]3(O)C(=O)C(C(N)=O)C(O)[C@H](N(C)C)[C@H]3C[C@H]1C2. The lowest BCUT2D eigenvalue weighted by atomic mass is 9.52. The molecule has 0 spiro atoms. The molecule has 1 aromatic carbocycles. The van der Waals surface area contributed by atoms with E-state index in [2.05, 4.69) is 0 Å². The van der Waals surface area contributed by atoms with E-state index < -0.39 is 64.7 Å². The number of fused-ring (bicyclic) bond motifs is 3. The molecule has 1 amide bonds. The molecular weight excluding hydrogens is 478 g/mol. The fourth-order valence-corrected chi connectivity index (χ4v) is 6.66. The minimum absolute atomic E-state index is 0.142. The van der Waals surface area contributed by atoms with Crippen LogP contribution in [0, 0.1) is 23.7 Å². The van der Waals surface area contributed by atoms with Crippen LogP contribution in [0.2, 0.25) is 0 Å². The minimum atomic E-state index is -2.61. The Balaban J connectivity index is 1.85. The quantitative estimate of drug-likeness (QED) is 0.342. The van der Waals surface area contributed by atoms with Crippen LogP contribution < -0.4 is 15.4 Å². The number of carbonyl (C=O) groups excluding carboxylic acids is 4. The van der Waals surface area contributed by atoms with Crippen LogP contribution >= 0.6 is 0 Å². The van der Waals surface area contributed by atoms with Gasteiger partial charge in [-0.2, -0.15) is 0 Å². The number of carbonyl (C=O) groups is 4. The molecule has 0 radical (unpaired) electrons. The molecule has 0 aromatic heterocycles. The number of ether oxygens (including phenoxy) is 1. The van der Waals surface area contributed by atoms with Crippen molar-refractivity contribution in [2.45, 2.75) is 50.4 Å². The smallest absolute Gasteiger partial charge is 0.230 e. The maximum atomic E-state index is 14.0. The van der Waals surface area contributed by atoms with Crippen LogP contribution in [0.15, 0.2) is 12.1 Å². The maximum Gasteiger partial charge on any atom is 0.230 e. The average molecular weight is 516 g/mol. The van der Waals surface area contributed by atoms with Crippen molar-refractivity contribution in [2.24, 2.45) is 29.4 Å². The van der Waals surface area contributed by atoms with Crippen LogP contribution in [0.5, 0.6) is 5.75 Å². The normalized spacial score (nSPS) is 33.0. The van der Waals surface area contributed by atoms with Crippen LogP contribution in [0.4, 0.5) is 5.69 Å². The molecule has 4 N–H and O–H groups in total.